The number of tetrazole rings is 1. The standard InChI is InChI=1S/C16H14FN5O2/c1-11(24-13-5-3-2-4-6-13)16(23)19-15-9-12(7-8-14(15)17)22-10-18-20-21-22/h2-11H,1H3,(H,19,23). The molecule has 0 saturated heterocycles. The number of rotatable bonds is 5. The number of anilines is 1. The van der Waals surface area contributed by atoms with Crippen LogP contribution in [0.3, 0.4) is 0 Å². The molecule has 3 aromatic rings. The van der Waals surface area contributed by atoms with Crippen LogP contribution in [-0.4, -0.2) is 32.2 Å². The van der Waals surface area contributed by atoms with Gasteiger partial charge in [0.1, 0.15) is 17.9 Å². The van der Waals surface area contributed by atoms with E-state index >= 15 is 0 Å². The Morgan fingerprint density at radius 1 is 1.25 bits per heavy atom. The number of hydrogen-bond donors (Lipinski definition) is 1. The maximum absolute atomic E-state index is 13.9. The van der Waals surface area contributed by atoms with Crippen LogP contribution in [0.25, 0.3) is 5.69 Å². The summed E-state index contributed by atoms with van der Waals surface area (Å²) in [6, 6.07) is 13.1. The zero-order valence-electron chi connectivity index (χ0n) is 12.8. The number of amides is 1. The van der Waals surface area contributed by atoms with Crippen molar-refractivity contribution < 1.29 is 13.9 Å². The van der Waals surface area contributed by atoms with Crippen molar-refractivity contribution in [3.63, 3.8) is 0 Å². The van der Waals surface area contributed by atoms with E-state index in [4.69, 9.17) is 4.74 Å². The smallest absolute Gasteiger partial charge is 0.265 e. The highest BCUT2D eigenvalue weighted by Crippen LogP contribution is 2.19. The summed E-state index contributed by atoms with van der Waals surface area (Å²) in [5, 5.41) is 13.3. The molecule has 0 fully saturated rings. The van der Waals surface area contributed by atoms with E-state index in [1.807, 2.05) is 6.07 Å². The SMILES string of the molecule is CC(Oc1ccccc1)C(=O)Nc1cc(-n2cnnn2)ccc1F. The Morgan fingerprint density at radius 2 is 2.04 bits per heavy atom. The van der Waals surface area contributed by atoms with Crippen LogP contribution in [0, 0.1) is 5.82 Å². The summed E-state index contributed by atoms with van der Waals surface area (Å²) in [4.78, 5) is 12.2. The summed E-state index contributed by atoms with van der Waals surface area (Å²) >= 11 is 0. The molecule has 7 nitrogen and oxygen atoms in total. The van der Waals surface area contributed by atoms with Gasteiger partial charge in [-0.2, -0.15) is 0 Å². The van der Waals surface area contributed by atoms with Gasteiger partial charge < -0.3 is 10.1 Å². The van der Waals surface area contributed by atoms with Crippen molar-refractivity contribution >= 4 is 11.6 Å². The van der Waals surface area contributed by atoms with Gasteiger partial charge in [0.15, 0.2) is 6.10 Å². The Labute approximate surface area is 137 Å². The number of benzene rings is 2. The number of nitrogens with zero attached hydrogens (tertiary/aromatic N) is 4. The van der Waals surface area contributed by atoms with Gasteiger partial charge in [-0.15, -0.1) is 5.10 Å². The predicted octanol–water partition coefficient (Wildman–Crippen LogP) is 2.21. The van der Waals surface area contributed by atoms with Gasteiger partial charge in [0.25, 0.3) is 5.91 Å². The molecule has 0 bridgehead atoms. The van der Waals surface area contributed by atoms with Crippen molar-refractivity contribution in [3.8, 4) is 11.4 Å². The van der Waals surface area contributed by atoms with Gasteiger partial charge in [0.05, 0.1) is 11.4 Å². The first-order valence-corrected chi connectivity index (χ1v) is 7.19. The highest BCUT2D eigenvalue weighted by molar-refractivity contribution is 5.94. The molecule has 1 atom stereocenters. The van der Waals surface area contributed by atoms with Crippen LogP contribution < -0.4 is 10.1 Å². The third kappa shape index (κ3) is 3.54. The lowest BCUT2D eigenvalue weighted by atomic mass is 10.2. The zero-order chi connectivity index (χ0) is 16.9. The van der Waals surface area contributed by atoms with E-state index in [0.29, 0.717) is 11.4 Å². The topological polar surface area (TPSA) is 81.9 Å². The molecule has 1 N–H and O–H groups in total. The molecule has 0 aliphatic heterocycles. The molecular weight excluding hydrogens is 313 g/mol. The second kappa shape index (κ2) is 6.86. The summed E-state index contributed by atoms with van der Waals surface area (Å²) in [6.07, 6.45) is 0.587. The third-order valence-electron chi connectivity index (χ3n) is 3.25. The van der Waals surface area contributed by atoms with E-state index in [1.165, 1.54) is 29.2 Å². The average molecular weight is 327 g/mol. The Bertz CT molecular complexity index is 824. The van der Waals surface area contributed by atoms with Crippen molar-refractivity contribution in [1.29, 1.82) is 0 Å². The van der Waals surface area contributed by atoms with Crippen LogP contribution in [0.1, 0.15) is 6.92 Å². The third-order valence-corrected chi connectivity index (χ3v) is 3.25. The van der Waals surface area contributed by atoms with Crippen LogP contribution in [-0.2, 0) is 4.79 Å². The largest absolute Gasteiger partial charge is 0.481 e. The molecule has 0 aliphatic carbocycles. The van der Waals surface area contributed by atoms with Crippen molar-refractivity contribution in [2.75, 3.05) is 5.32 Å². The summed E-state index contributed by atoms with van der Waals surface area (Å²) in [5.74, 6) is -0.471. The lowest BCUT2D eigenvalue weighted by Crippen LogP contribution is -2.30. The Kier molecular flexibility index (Phi) is 4.46. The van der Waals surface area contributed by atoms with E-state index in [1.54, 1.807) is 31.2 Å². The minimum absolute atomic E-state index is 0.0245. The van der Waals surface area contributed by atoms with E-state index in [2.05, 4.69) is 20.8 Å². The number of nitrogens with one attached hydrogen (secondary N) is 1. The minimum atomic E-state index is -0.788. The van der Waals surface area contributed by atoms with Crippen LogP contribution in [0.2, 0.25) is 0 Å². The second-order valence-electron chi connectivity index (χ2n) is 4.98. The lowest BCUT2D eigenvalue weighted by molar-refractivity contribution is -0.122. The summed E-state index contributed by atoms with van der Waals surface area (Å²) < 4.78 is 20.8. The highest BCUT2D eigenvalue weighted by atomic mass is 19.1. The molecule has 0 saturated carbocycles. The fourth-order valence-corrected chi connectivity index (χ4v) is 2.02. The molecule has 0 radical (unpaired) electrons. The quantitative estimate of drug-likeness (QED) is 0.777. The number of carbonyl (C=O) groups excluding carboxylic acids is 1. The number of aromatic nitrogens is 4. The molecule has 3 rings (SSSR count). The Morgan fingerprint density at radius 3 is 2.75 bits per heavy atom. The molecule has 0 spiro atoms. The number of ether oxygens (including phenoxy) is 1. The number of halogens is 1. The number of carbonyl (C=O) groups is 1. The van der Waals surface area contributed by atoms with E-state index in [9.17, 15) is 9.18 Å². The van der Waals surface area contributed by atoms with E-state index in [0.717, 1.165) is 0 Å². The highest BCUT2D eigenvalue weighted by Gasteiger charge is 2.17. The van der Waals surface area contributed by atoms with Gasteiger partial charge >= 0.3 is 0 Å². The average Bonchev–Trinajstić information content (AvgIpc) is 3.12. The van der Waals surface area contributed by atoms with E-state index in [-0.39, 0.29) is 5.69 Å². The van der Waals surface area contributed by atoms with Gasteiger partial charge in [-0.1, -0.05) is 18.2 Å². The fraction of sp³-hybridized carbons (Fsp3) is 0.125. The first-order chi connectivity index (χ1) is 11.6. The molecule has 122 valence electrons. The van der Waals surface area contributed by atoms with Crippen molar-refractivity contribution in [1.82, 2.24) is 20.2 Å². The van der Waals surface area contributed by atoms with Crippen molar-refractivity contribution in [3.05, 3.63) is 60.7 Å². The summed E-state index contributed by atoms with van der Waals surface area (Å²) in [5.41, 5.74) is 0.546. The maximum Gasteiger partial charge on any atom is 0.265 e. The molecule has 1 aromatic heterocycles. The van der Waals surface area contributed by atoms with Crippen LogP contribution in [0.15, 0.2) is 54.9 Å². The molecule has 1 heterocycles. The Balaban J connectivity index is 1.73. The molecule has 1 unspecified atom stereocenters. The molecular formula is C16H14FN5O2. The normalized spacial score (nSPS) is 11.8. The van der Waals surface area contributed by atoms with Gasteiger partial charge in [-0.05, 0) is 47.7 Å². The van der Waals surface area contributed by atoms with Gasteiger partial charge in [-0.25, -0.2) is 9.07 Å². The monoisotopic (exact) mass is 327 g/mol. The summed E-state index contributed by atoms with van der Waals surface area (Å²) in [6.45, 7) is 1.59. The fourth-order valence-electron chi connectivity index (χ4n) is 2.02. The van der Waals surface area contributed by atoms with Crippen LogP contribution >= 0.6 is 0 Å². The Hall–Kier alpha value is -3.29. The molecule has 8 heteroatoms. The molecule has 1 amide bonds. The zero-order valence-corrected chi connectivity index (χ0v) is 12.8. The van der Waals surface area contributed by atoms with Crippen LogP contribution in [0.4, 0.5) is 10.1 Å². The van der Waals surface area contributed by atoms with Crippen molar-refractivity contribution in [2.24, 2.45) is 0 Å². The van der Waals surface area contributed by atoms with Crippen molar-refractivity contribution in [2.45, 2.75) is 13.0 Å². The molecule has 2 aromatic carbocycles. The van der Waals surface area contributed by atoms with Crippen LogP contribution in [0.5, 0.6) is 5.75 Å². The van der Waals surface area contributed by atoms with Gasteiger partial charge in [0.2, 0.25) is 0 Å². The minimum Gasteiger partial charge on any atom is -0.481 e. The molecule has 24 heavy (non-hydrogen) atoms. The first kappa shape index (κ1) is 15.6. The maximum atomic E-state index is 13.9. The second-order valence-corrected chi connectivity index (χ2v) is 4.98. The predicted molar refractivity (Wildman–Crippen MR) is 84.3 cm³/mol. The number of para-hydroxylation sites is 1. The van der Waals surface area contributed by atoms with E-state index < -0.39 is 17.8 Å². The molecule has 0 aliphatic rings. The van der Waals surface area contributed by atoms with Gasteiger partial charge in [0, 0.05) is 0 Å². The summed E-state index contributed by atoms with van der Waals surface area (Å²) in [7, 11) is 0. The van der Waals surface area contributed by atoms with Gasteiger partial charge in [-0.3, -0.25) is 4.79 Å². The first-order valence-electron chi connectivity index (χ1n) is 7.19. The number of hydrogen-bond acceptors (Lipinski definition) is 5. The lowest BCUT2D eigenvalue weighted by Gasteiger charge is -2.15.